The number of rotatable bonds is 4. The second kappa shape index (κ2) is 5.82. The third kappa shape index (κ3) is 3.20. The van der Waals surface area contributed by atoms with Crippen LogP contribution in [0.4, 0.5) is 4.39 Å². The fourth-order valence-corrected chi connectivity index (χ4v) is 2.08. The molecule has 98 valence electrons. The topological polar surface area (TPSA) is 64.4 Å². The fourth-order valence-electron chi connectivity index (χ4n) is 2.08. The smallest absolute Gasteiger partial charge is 0.252 e. The number of nitrogens with two attached hydrogens (primary N) is 1. The Labute approximate surface area is 105 Å². The highest BCUT2D eigenvalue weighted by atomic mass is 19.1. The molecule has 0 radical (unpaired) electrons. The molecular formula is C13H17FN2O2. The van der Waals surface area contributed by atoms with E-state index in [1.54, 1.807) is 0 Å². The molecule has 1 unspecified atom stereocenters. The van der Waals surface area contributed by atoms with Gasteiger partial charge in [0.15, 0.2) is 0 Å². The van der Waals surface area contributed by atoms with Gasteiger partial charge in [0.25, 0.3) is 5.91 Å². The highest BCUT2D eigenvalue weighted by Crippen LogP contribution is 2.20. The van der Waals surface area contributed by atoms with Crippen molar-refractivity contribution in [2.75, 3.05) is 13.2 Å². The van der Waals surface area contributed by atoms with Crippen molar-refractivity contribution >= 4 is 5.91 Å². The summed E-state index contributed by atoms with van der Waals surface area (Å²) >= 11 is 0. The lowest BCUT2D eigenvalue weighted by atomic mass is 10.1. The molecule has 1 atom stereocenters. The van der Waals surface area contributed by atoms with Gasteiger partial charge in [0.05, 0.1) is 5.56 Å². The maximum absolute atomic E-state index is 13.0. The SMILES string of the molecule is NC(=O)c1cc(F)ccc1OCC1CCCCN1. The minimum Gasteiger partial charge on any atom is -0.491 e. The maximum Gasteiger partial charge on any atom is 0.252 e. The summed E-state index contributed by atoms with van der Waals surface area (Å²) in [4.78, 5) is 11.2. The Balaban J connectivity index is 2.01. The molecule has 18 heavy (non-hydrogen) atoms. The average Bonchev–Trinajstić information content (AvgIpc) is 2.38. The van der Waals surface area contributed by atoms with Gasteiger partial charge in [0, 0.05) is 6.04 Å². The van der Waals surface area contributed by atoms with Crippen molar-refractivity contribution in [3.05, 3.63) is 29.6 Å². The van der Waals surface area contributed by atoms with E-state index in [2.05, 4.69) is 5.32 Å². The van der Waals surface area contributed by atoms with E-state index in [4.69, 9.17) is 10.5 Å². The first-order valence-corrected chi connectivity index (χ1v) is 6.12. The lowest BCUT2D eigenvalue weighted by Crippen LogP contribution is -2.38. The monoisotopic (exact) mass is 252 g/mol. The Kier molecular flexibility index (Phi) is 4.15. The van der Waals surface area contributed by atoms with Gasteiger partial charge in [-0.25, -0.2) is 4.39 Å². The van der Waals surface area contributed by atoms with Crippen LogP contribution in [0.2, 0.25) is 0 Å². The third-order valence-corrected chi connectivity index (χ3v) is 3.06. The van der Waals surface area contributed by atoms with E-state index < -0.39 is 11.7 Å². The summed E-state index contributed by atoms with van der Waals surface area (Å²) in [5.74, 6) is -0.829. The number of nitrogens with one attached hydrogen (secondary N) is 1. The first-order chi connectivity index (χ1) is 8.66. The zero-order chi connectivity index (χ0) is 13.0. The van der Waals surface area contributed by atoms with Crippen LogP contribution in [0.25, 0.3) is 0 Å². The summed E-state index contributed by atoms with van der Waals surface area (Å²) in [6, 6.07) is 4.09. The van der Waals surface area contributed by atoms with Gasteiger partial charge in [-0.3, -0.25) is 4.79 Å². The summed E-state index contributed by atoms with van der Waals surface area (Å²) in [6.45, 7) is 1.45. The number of hydrogen-bond acceptors (Lipinski definition) is 3. The standard InChI is InChI=1S/C13H17FN2O2/c14-9-4-5-12(11(7-9)13(15)17)18-8-10-3-1-2-6-16-10/h4-5,7,10,16H,1-3,6,8H2,(H2,15,17). The van der Waals surface area contributed by atoms with Crippen molar-refractivity contribution in [2.45, 2.75) is 25.3 Å². The fraction of sp³-hybridized carbons (Fsp3) is 0.462. The number of hydrogen-bond donors (Lipinski definition) is 2. The number of amides is 1. The van der Waals surface area contributed by atoms with Gasteiger partial charge in [0.1, 0.15) is 18.2 Å². The zero-order valence-electron chi connectivity index (χ0n) is 10.1. The van der Waals surface area contributed by atoms with Crippen LogP contribution in [-0.2, 0) is 0 Å². The molecule has 1 aromatic carbocycles. The van der Waals surface area contributed by atoms with Crippen LogP contribution in [-0.4, -0.2) is 25.1 Å². The molecule has 3 N–H and O–H groups in total. The molecule has 1 fully saturated rings. The number of halogens is 1. The summed E-state index contributed by atoms with van der Waals surface area (Å²) < 4.78 is 18.6. The number of piperidine rings is 1. The van der Waals surface area contributed by atoms with E-state index in [-0.39, 0.29) is 11.6 Å². The van der Waals surface area contributed by atoms with E-state index >= 15 is 0 Å². The number of carbonyl (C=O) groups is 1. The number of primary amides is 1. The molecule has 1 aromatic rings. The van der Waals surface area contributed by atoms with Gasteiger partial charge >= 0.3 is 0 Å². The Hall–Kier alpha value is -1.62. The van der Waals surface area contributed by atoms with Crippen LogP contribution >= 0.6 is 0 Å². The van der Waals surface area contributed by atoms with Crippen molar-refractivity contribution in [2.24, 2.45) is 5.73 Å². The van der Waals surface area contributed by atoms with Crippen LogP contribution in [0, 0.1) is 5.82 Å². The van der Waals surface area contributed by atoms with E-state index in [1.807, 2.05) is 0 Å². The second-order valence-electron chi connectivity index (χ2n) is 4.46. The molecule has 0 bridgehead atoms. The van der Waals surface area contributed by atoms with Crippen molar-refractivity contribution in [3.63, 3.8) is 0 Å². The highest BCUT2D eigenvalue weighted by Gasteiger charge is 2.15. The zero-order valence-corrected chi connectivity index (χ0v) is 10.1. The Bertz CT molecular complexity index is 431. The van der Waals surface area contributed by atoms with Crippen LogP contribution < -0.4 is 15.8 Å². The number of ether oxygens (including phenoxy) is 1. The lowest BCUT2D eigenvalue weighted by molar-refractivity contribution is 0.0995. The van der Waals surface area contributed by atoms with Gasteiger partial charge in [0.2, 0.25) is 0 Å². The molecular weight excluding hydrogens is 235 g/mol. The lowest BCUT2D eigenvalue weighted by Gasteiger charge is -2.23. The molecule has 0 spiro atoms. The summed E-state index contributed by atoms with van der Waals surface area (Å²) in [6.07, 6.45) is 3.40. The van der Waals surface area contributed by atoms with E-state index in [0.29, 0.717) is 12.4 Å². The number of benzene rings is 1. The molecule has 0 aromatic heterocycles. The molecule has 1 amide bonds. The molecule has 1 aliphatic rings. The van der Waals surface area contributed by atoms with Gasteiger partial charge in [-0.15, -0.1) is 0 Å². The van der Waals surface area contributed by atoms with Crippen molar-refractivity contribution < 1.29 is 13.9 Å². The largest absolute Gasteiger partial charge is 0.491 e. The normalized spacial score (nSPS) is 19.5. The molecule has 1 heterocycles. The van der Waals surface area contributed by atoms with Crippen LogP contribution in [0.3, 0.4) is 0 Å². The maximum atomic E-state index is 13.0. The number of carbonyl (C=O) groups excluding carboxylic acids is 1. The molecule has 5 heteroatoms. The first-order valence-electron chi connectivity index (χ1n) is 6.12. The van der Waals surface area contributed by atoms with E-state index in [9.17, 15) is 9.18 Å². The highest BCUT2D eigenvalue weighted by molar-refractivity contribution is 5.95. The Morgan fingerprint density at radius 2 is 2.33 bits per heavy atom. The van der Waals surface area contributed by atoms with Crippen LogP contribution in [0.15, 0.2) is 18.2 Å². The minimum atomic E-state index is -0.680. The molecule has 0 aliphatic carbocycles. The van der Waals surface area contributed by atoms with E-state index in [1.165, 1.54) is 25.0 Å². The van der Waals surface area contributed by atoms with Crippen molar-refractivity contribution in [1.82, 2.24) is 5.32 Å². The predicted molar refractivity (Wildman–Crippen MR) is 66.1 cm³/mol. The van der Waals surface area contributed by atoms with Gasteiger partial charge in [-0.05, 0) is 37.6 Å². The average molecular weight is 252 g/mol. The summed E-state index contributed by atoms with van der Waals surface area (Å²) in [7, 11) is 0. The molecule has 1 saturated heterocycles. The minimum absolute atomic E-state index is 0.0887. The molecule has 4 nitrogen and oxygen atoms in total. The summed E-state index contributed by atoms with van der Waals surface area (Å²) in [5.41, 5.74) is 5.28. The van der Waals surface area contributed by atoms with Crippen LogP contribution in [0.5, 0.6) is 5.75 Å². The molecule has 1 aliphatic heterocycles. The quantitative estimate of drug-likeness (QED) is 0.852. The van der Waals surface area contributed by atoms with Gasteiger partial charge in [-0.1, -0.05) is 6.42 Å². The van der Waals surface area contributed by atoms with E-state index in [0.717, 1.165) is 19.0 Å². The Morgan fingerprint density at radius 3 is 3.00 bits per heavy atom. The summed E-state index contributed by atoms with van der Waals surface area (Å²) in [5, 5.41) is 3.33. The second-order valence-corrected chi connectivity index (χ2v) is 4.46. The Morgan fingerprint density at radius 1 is 1.50 bits per heavy atom. The predicted octanol–water partition coefficient (Wildman–Crippen LogP) is 1.45. The van der Waals surface area contributed by atoms with Gasteiger partial charge < -0.3 is 15.8 Å². The molecule has 2 rings (SSSR count). The molecule has 0 saturated carbocycles. The van der Waals surface area contributed by atoms with Crippen molar-refractivity contribution in [1.29, 1.82) is 0 Å². The van der Waals surface area contributed by atoms with Crippen molar-refractivity contribution in [3.8, 4) is 5.75 Å². The first kappa shape index (κ1) is 12.8. The van der Waals surface area contributed by atoms with Gasteiger partial charge in [-0.2, -0.15) is 0 Å². The van der Waals surface area contributed by atoms with Crippen LogP contribution in [0.1, 0.15) is 29.6 Å². The third-order valence-electron chi connectivity index (χ3n) is 3.06.